The van der Waals surface area contributed by atoms with Crippen molar-refractivity contribution in [2.45, 2.75) is 134 Å². The number of aromatic nitrogens is 5. The normalized spacial score (nSPS) is 23.8. The molecular formula is C64H75FN12O8S. The molecular weight excluding hydrogens is 1120 g/mol. The molecule has 8 atom stereocenters. The van der Waals surface area contributed by atoms with Gasteiger partial charge in [0, 0.05) is 88.2 Å². The average molecular weight is 1190 g/mol. The number of hydrogen-bond acceptors (Lipinski definition) is 18. The summed E-state index contributed by atoms with van der Waals surface area (Å²) < 4.78 is 36.0. The van der Waals surface area contributed by atoms with Gasteiger partial charge in [-0.05, 0) is 111 Å². The van der Waals surface area contributed by atoms with Crippen LogP contribution in [0, 0.1) is 18.7 Å². The first kappa shape index (κ1) is 57.5. The molecule has 6 aliphatic rings. The predicted octanol–water partition coefficient (Wildman–Crippen LogP) is 8.53. The number of phenols is 1. The number of nitrogens with zero attached hydrogens (tertiary/aromatic N) is 10. The second-order valence-corrected chi connectivity index (χ2v) is 25.7. The smallest absolute Gasteiger partial charge is 0.409 e. The van der Waals surface area contributed by atoms with Gasteiger partial charge in [0.1, 0.15) is 48.0 Å². The summed E-state index contributed by atoms with van der Waals surface area (Å²) in [6.45, 7) is 14.3. The Kier molecular flexibility index (Phi) is 15.8. The van der Waals surface area contributed by atoms with E-state index in [2.05, 4.69) is 37.5 Å². The number of phenolic OH excluding ortho intramolecular Hbond substituents is 1. The van der Waals surface area contributed by atoms with Gasteiger partial charge in [0.15, 0.2) is 17.4 Å². The van der Waals surface area contributed by atoms with Gasteiger partial charge in [-0.3, -0.25) is 19.5 Å². The van der Waals surface area contributed by atoms with E-state index in [1.807, 2.05) is 80.6 Å². The molecule has 0 radical (unpaired) electrons. The van der Waals surface area contributed by atoms with Crippen molar-refractivity contribution < 1.29 is 43.0 Å². The lowest BCUT2D eigenvalue weighted by Crippen LogP contribution is -2.51. The van der Waals surface area contributed by atoms with Gasteiger partial charge < -0.3 is 54.4 Å². The molecule has 6 fully saturated rings. The molecule has 2 bridgehead atoms. The van der Waals surface area contributed by atoms with E-state index in [0.29, 0.717) is 86.1 Å². The highest BCUT2D eigenvalue weighted by atomic mass is 32.1. The van der Waals surface area contributed by atoms with Gasteiger partial charge in [-0.1, -0.05) is 68.4 Å². The summed E-state index contributed by atoms with van der Waals surface area (Å²) in [4.78, 5) is 72.0. The number of benzene rings is 3. The number of amides is 3. The van der Waals surface area contributed by atoms with E-state index >= 15 is 4.39 Å². The molecule has 0 saturated carbocycles. The number of rotatable bonds is 16. The maximum Gasteiger partial charge on any atom is 0.409 e. The summed E-state index contributed by atoms with van der Waals surface area (Å²) in [6, 6.07) is 18.4. The number of carbonyl (C=O) groups is 3. The number of aliphatic hydroxyl groups is 1. The zero-order chi connectivity index (χ0) is 59.5. The standard InChI is InChI=1S/C64H75FN12O8S/c1-6-39-9-7-10-42-25-46(78)26-48(54(39)42)56-55(65)57-49(29-66-56)59(75-30-43-15-16-44(31-75)69-43)71-62(70-57)84-34-64-18-8-20-77(64)45(17-19-64)33-83-63(82)74-23-21-73(22-24-74)52-28-51(85-72-52)53(36(2)3)61(81)76-32-47(79)27-50(76)60(80)68-37(4)40-11-13-41(14-12-40)58-38(5)67-35-86-58/h7,9-14,25-26,28-29,35-37,43-45,47,50,53,69,78-79H,6,8,15-24,27,30-34H2,1-5H3,(H,68,80)/t37-,43?,44?,45-,47+,50-,53+,64+/m0/s1. The molecule has 6 saturated heterocycles. The lowest BCUT2D eigenvalue weighted by atomic mass is 9.91. The SMILES string of the molecule is CCc1cccc2cc(O)cc(-c3ncc4c(N5CC6CCC(C5)N6)nc(OC[C@]56CCCN5[C@H](COC(=O)N5CCN(c7cc([C@H](C(=O)N8C[C@H](O)C[C@H]8C(=O)N[C@@H](C)c8ccc(-c9scnc9C)cc8)C(C)C)on7)CC5)CC6)nc4c3F)c12. The van der Waals surface area contributed by atoms with Crippen molar-refractivity contribution in [1.29, 1.82) is 0 Å². The zero-order valence-electron chi connectivity index (χ0n) is 49.4. The Morgan fingerprint density at radius 2 is 1.73 bits per heavy atom. The number of anilines is 2. The Morgan fingerprint density at radius 1 is 0.942 bits per heavy atom. The van der Waals surface area contributed by atoms with Crippen molar-refractivity contribution in [3.63, 3.8) is 0 Å². The van der Waals surface area contributed by atoms with Crippen LogP contribution >= 0.6 is 11.3 Å². The number of piperazine rings is 2. The molecule has 3 aromatic carbocycles. The maximum absolute atomic E-state index is 17.4. The number of aryl methyl sites for hydroxylation is 2. The molecule has 4 N–H and O–H groups in total. The largest absolute Gasteiger partial charge is 0.508 e. The Balaban J connectivity index is 0.634. The first-order chi connectivity index (χ1) is 41.6. The van der Waals surface area contributed by atoms with Crippen molar-refractivity contribution in [3.8, 4) is 33.5 Å². The fourth-order valence-electron chi connectivity index (χ4n) is 14.5. The number of likely N-dealkylation sites (tertiary alicyclic amines) is 1. The minimum absolute atomic E-state index is 0.0169. The third kappa shape index (κ3) is 10.9. The van der Waals surface area contributed by atoms with Gasteiger partial charge in [-0.15, -0.1) is 11.3 Å². The van der Waals surface area contributed by atoms with E-state index in [-0.39, 0.29) is 90.6 Å². The van der Waals surface area contributed by atoms with Crippen LogP contribution in [0.25, 0.3) is 43.4 Å². The van der Waals surface area contributed by atoms with Crippen LogP contribution in [0.1, 0.15) is 107 Å². The summed E-state index contributed by atoms with van der Waals surface area (Å²) in [6.07, 6.45) is 6.84. The maximum atomic E-state index is 17.4. The van der Waals surface area contributed by atoms with Crippen LogP contribution < -0.4 is 25.2 Å². The predicted molar refractivity (Wildman–Crippen MR) is 325 cm³/mol. The van der Waals surface area contributed by atoms with Crippen LogP contribution in [0.4, 0.5) is 20.8 Å². The van der Waals surface area contributed by atoms with E-state index in [9.17, 15) is 24.6 Å². The molecule has 2 unspecified atom stereocenters. The van der Waals surface area contributed by atoms with E-state index in [1.165, 1.54) is 4.90 Å². The van der Waals surface area contributed by atoms with Crippen molar-refractivity contribution in [2.24, 2.45) is 5.92 Å². The van der Waals surface area contributed by atoms with Gasteiger partial charge in [0.25, 0.3) is 0 Å². The summed E-state index contributed by atoms with van der Waals surface area (Å²) in [5.74, 6) is -0.688. The molecule has 86 heavy (non-hydrogen) atoms. The Labute approximate surface area is 503 Å². The quantitative estimate of drug-likeness (QED) is 0.0711. The highest BCUT2D eigenvalue weighted by Gasteiger charge is 2.51. The number of fused-ring (bicyclic) bond motifs is 5. The number of ether oxygens (including phenoxy) is 2. The highest BCUT2D eigenvalue weighted by Crippen LogP contribution is 2.44. The number of aromatic hydroxyl groups is 1. The third-order valence-electron chi connectivity index (χ3n) is 19.0. The number of β-amino-alcohol motifs (C(OH)–C–C–N with tert-alkyl or cyclic N) is 1. The topological polar surface area (TPSA) is 228 Å². The summed E-state index contributed by atoms with van der Waals surface area (Å²) >= 11 is 1.58. The molecule has 3 amide bonds. The minimum atomic E-state index is -0.865. The number of aliphatic hydroxyl groups excluding tert-OH is 1. The molecule has 7 aromatic rings. The average Bonchev–Trinajstić information content (AvgIpc) is 1.63. The fraction of sp³-hybridized carbons (Fsp3) is 0.500. The second kappa shape index (κ2) is 23.6. The third-order valence-corrected chi connectivity index (χ3v) is 20.0. The summed E-state index contributed by atoms with van der Waals surface area (Å²) in [5, 5.41) is 35.0. The molecule has 452 valence electrons. The Morgan fingerprint density at radius 3 is 2.48 bits per heavy atom. The number of nitrogens with one attached hydrogen (secondary N) is 2. The van der Waals surface area contributed by atoms with E-state index in [0.717, 1.165) is 83.1 Å². The van der Waals surface area contributed by atoms with E-state index in [1.54, 1.807) is 40.6 Å². The zero-order valence-corrected chi connectivity index (χ0v) is 50.2. The van der Waals surface area contributed by atoms with Crippen LogP contribution in [0.3, 0.4) is 0 Å². The monoisotopic (exact) mass is 1190 g/mol. The second-order valence-electron chi connectivity index (χ2n) is 24.8. The van der Waals surface area contributed by atoms with Crippen LogP contribution in [0.5, 0.6) is 11.8 Å². The van der Waals surface area contributed by atoms with Crippen LogP contribution in [-0.2, 0) is 20.7 Å². The van der Waals surface area contributed by atoms with Crippen LogP contribution in [-0.4, -0.2) is 169 Å². The van der Waals surface area contributed by atoms with Crippen molar-refractivity contribution in [3.05, 3.63) is 101 Å². The highest BCUT2D eigenvalue weighted by molar-refractivity contribution is 7.13. The van der Waals surface area contributed by atoms with E-state index < -0.39 is 23.9 Å². The molecule has 4 aromatic heterocycles. The molecule has 13 rings (SSSR count). The molecule has 20 nitrogen and oxygen atoms in total. The molecule has 6 aliphatic heterocycles. The van der Waals surface area contributed by atoms with Crippen LogP contribution in [0.15, 0.2) is 76.9 Å². The van der Waals surface area contributed by atoms with Gasteiger partial charge in [-0.25, -0.2) is 14.2 Å². The minimum Gasteiger partial charge on any atom is -0.508 e. The lowest BCUT2D eigenvalue weighted by Gasteiger charge is -2.36. The van der Waals surface area contributed by atoms with E-state index in [4.69, 9.17) is 28.9 Å². The lowest BCUT2D eigenvalue weighted by molar-refractivity contribution is -0.141. The van der Waals surface area contributed by atoms with Gasteiger partial charge in [0.05, 0.1) is 39.2 Å². The van der Waals surface area contributed by atoms with Gasteiger partial charge in [-0.2, -0.15) is 9.97 Å². The van der Waals surface area contributed by atoms with Crippen molar-refractivity contribution in [1.82, 2.24) is 50.4 Å². The molecule has 10 heterocycles. The summed E-state index contributed by atoms with van der Waals surface area (Å²) in [5.41, 5.74) is 6.16. The first-order valence-electron chi connectivity index (χ1n) is 30.6. The van der Waals surface area contributed by atoms with Crippen molar-refractivity contribution in [2.75, 3.05) is 75.4 Å². The first-order valence-corrected chi connectivity index (χ1v) is 31.4. The summed E-state index contributed by atoms with van der Waals surface area (Å²) in [7, 11) is 0. The van der Waals surface area contributed by atoms with Crippen LogP contribution in [0.2, 0.25) is 0 Å². The Hall–Kier alpha value is -7.53. The number of carbonyl (C=O) groups excluding carboxylic acids is 3. The molecule has 0 aliphatic carbocycles. The Bertz CT molecular complexity index is 3680. The fourth-order valence-corrected chi connectivity index (χ4v) is 15.3. The van der Waals surface area contributed by atoms with Gasteiger partial charge in [0.2, 0.25) is 11.8 Å². The van der Waals surface area contributed by atoms with Crippen molar-refractivity contribution >= 4 is 62.6 Å². The molecule has 0 spiro atoms. The van der Waals surface area contributed by atoms with Gasteiger partial charge >= 0.3 is 12.1 Å². The number of halogens is 1. The number of pyridine rings is 1. The number of thiazole rings is 1. The molecule has 22 heteroatoms. The number of hydrogen-bond donors (Lipinski definition) is 4.